The predicted molar refractivity (Wildman–Crippen MR) is 239 cm³/mol. The summed E-state index contributed by atoms with van der Waals surface area (Å²) in [6.45, 7) is 18.8. The molecule has 2 aliphatic carbocycles. The van der Waals surface area contributed by atoms with E-state index in [4.69, 9.17) is 0 Å². The number of hydrogen-bond acceptors (Lipinski definition) is 5. The molecule has 2 saturated carbocycles. The Morgan fingerprint density at radius 3 is 1.28 bits per heavy atom. The molecule has 4 saturated heterocycles. The van der Waals surface area contributed by atoms with Gasteiger partial charge in [-0.25, -0.2) is 0 Å². The number of likely N-dealkylation sites (N-methyl/N-ethyl adjacent to an activating group) is 1. The quantitative estimate of drug-likeness (QED) is 0.253. The van der Waals surface area contributed by atoms with E-state index < -0.39 is 0 Å². The third-order valence-corrected chi connectivity index (χ3v) is 15.6. The first kappa shape index (κ1) is 43.4. The largest absolute Gasteiger partial charge is 0.343 e. The van der Waals surface area contributed by atoms with Crippen LogP contribution in [-0.2, 0) is 9.59 Å². The zero-order valence-electron chi connectivity index (χ0n) is 36.9. The first-order valence-corrected chi connectivity index (χ1v) is 24.2. The molecule has 6 aliphatic rings. The third-order valence-electron chi connectivity index (χ3n) is 15.6. The van der Waals surface area contributed by atoms with Gasteiger partial charge in [-0.2, -0.15) is 0 Å². The first-order valence-electron chi connectivity index (χ1n) is 24.2. The number of nitrogens with zero attached hydrogens (tertiary/aromatic N) is 5. The second-order valence-electron chi connectivity index (χ2n) is 19.3. The fourth-order valence-corrected chi connectivity index (χ4v) is 11.8. The number of amides is 2. The number of benzene rings is 2. The van der Waals surface area contributed by atoms with Gasteiger partial charge in [0.05, 0.1) is 0 Å². The Bertz CT molecular complexity index is 1530. The van der Waals surface area contributed by atoms with Gasteiger partial charge in [0.2, 0.25) is 11.8 Å². The summed E-state index contributed by atoms with van der Waals surface area (Å²) >= 11 is 0. The van der Waals surface area contributed by atoms with Crippen molar-refractivity contribution in [1.29, 1.82) is 0 Å². The van der Waals surface area contributed by atoms with Crippen LogP contribution >= 0.6 is 0 Å². The molecule has 2 amide bonds. The van der Waals surface area contributed by atoms with E-state index in [1.54, 1.807) is 0 Å². The molecule has 0 N–H and O–H groups in total. The summed E-state index contributed by atoms with van der Waals surface area (Å²) in [5.41, 5.74) is 5.55. The molecular formula is C51H79N5O2. The monoisotopic (exact) mass is 794 g/mol. The third kappa shape index (κ3) is 11.8. The average Bonchev–Trinajstić information content (AvgIpc) is 3.28. The van der Waals surface area contributed by atoms with E-state index in [2.05, 4.69) is 93.8 Å². The van der Waals surface area contributed by atoms with E-state index in [1.807, 2.05) is 0 Å². The van der Waals surface area contributed by atoms with Crippen molar-refractivity contribution < 1.29 is 9.59 Å². The summed E-state index contributed by atoms with van der Waals surface area (Å²) in [6.07, 6.45) is 20.5. The highest BCUT2D eigenvalue weighted by Crippen LogP contribution is 2.36. The van der Waals surface area contributed by atoms with Crippen LogP contribution in [0, 0.1) is 25.7 Å². The molecule has 8 rings (SSSR count). The van der Waals surface area contributed by atoms with E-state index in [0.29, 0.717) is 47.6 Å². The fourth-order valence-electron chi connectivity index (χ4n) is 11.8. The van der Waals surface area contributed by atoms with Crippen LogP contribution in [0.5, 0.6) is 0 Å². The van der Waals surface area contributed by atoms with Gasteiger partial charge in [0.25, 0.3) is 0 Å². The molecule has 7 heteroatoms. The summed E-state index contributed by atoms with van der Waals surface area (Å²) in [7, 11) is 0. The van der Waals surface area contributed by atoms with Crippen LogP contribution in [0.2, 0.25) is 0 Å². The maximum Gasteiger partial charge on any atom is 0.222 e. The minimum absolute atomic E-state index is 0.418. The van der Waals surface area contributed by atoms with Gasteiger partial charge in [0.15, 0.2) is 0 Å². The van der Waals surface area contributed by atoms with Crippen LogP contribution in [0.25, 0.3) is 0 Å². The van der Waals surface area contributed by atoms with E-state index in [0.717, 1.165) is 64.7 Å². The van der Waals surface area contributed by atoms with Gasteiger partial charge in [-0.1, -0.05) is 98.7 Å². The second-order valence-corrected chi connectivity index (χ2v) is 19.3. The van der Waals surface area contributed by atoms with Gasteiger partial charge in [-0.3, -0.25) is 14.5 Å². The Kier molecular flexibility index (Phi) is 16.2. The molecule has 320 valence electrons. The predicted octanol–water partition coefficient (Wildman–Crippen LogP) is 9.42. The minimum atomic E-state index is 0.418. The lowest BCUT2D eigenvalue weighted by molar-refractivity contribution is -0.135. The van der Waals surface area contributed by atoms with Crippen molar-refractivity contribution >= 4 is 11.8 Å². The second kappa shape index (κ2) is 21.7. The van der Waals surface area contributed by atoms with Crippen molar-refractivity contribution in [3.8, 4) is 0 Å². The zero-order chi connectivity index (χ0) is 40.3. The van der Waals surface area contributed by atoms with Crippen LogP contribution in [0.1, 0.15) is 150 Å². The summed E-state index contributed by atoms with van der Waals surface area (Å²) in [6, 6.07) is 19.3. The number of carbonyl (C=O) groups is 2. The van der Waals surface area contributed by atoms with Gasteiger partial charge in [0, 0.05) is 77.3 Å². The normalized spacial score (nSPS) is 27.5. The maximum atomic E-state index is 13.2. The Balaban J connectivity index is 0.000000177. The number of carbonyl (C=O) groups excluding carboxylic acids is 2. The van der Waals surface area contributed by atoms with E-state index in [1.165, 1.54) is 139 Å². The number of piperazine rings is 1. The summed E-state index contributed by atoms with van der Waals surface area (Å²) < 4.78 is 0. The van der Waals surface area contributed by atoms with Crippen LogP contribution in [-0.4, -0.2) is 120 Å². The molecule has 0 bridgehead atoms. The van der Waals surface area contributed by atoms with E-state index in [-0.39, 0.29) is 0 Å². The van der Waals surface area contributed by atoms with Crippen molar-refractivity contribution in [2.24, 2.45) is 11.8 Å². The molecule has 4 aliphatic heterocycles. The summed E-state index contributed by atoms with van der Waals surface area (Å²) in [5, 5.41) is 0. The Morgan fingerprint density at radius 2 is 0.862 bits per heavy atom. The molecule has 2 aromatic rings. The number of piperidine rings is 3. The van der Waals surface area contributed by atoms with Crippen LogP contribution < -0.4 is 0 Å². The smallest absolute Gasteiger partial charge is 0.222 e. The van der Waals surface area contributed by atoms with E-state index in [9.17, 15) is 9.59 Å². The molecule has 4 atom stereocenters. The van der Waals surface area contributed by atoms with Crippen molar-refractivity contribution in [3.05, 3.63) is 70.8 Å². The number of likely N-dealkylation sites (tertiary alicyclic amines) is 3. The Labute approximate surface area is 353 Å². The molecule has 0 spiro atoms. The standard InChI is InChI=1S/C26H41N3O.C25H38N2O/c1-3-27-16-18-28(19-17-27)25-7-5-4-6-24(25)20-26(30)29-14-12-23(13-15-29)22-10-8-21(2)9-11-22;1-20-9-11-21(12-10-20)22-13-17-27(18-14-22)25(28)19-23-7-3-4-8-24(23)26-15-5-2-6-16-26/h8-11,23-25H,3-7,12-20H2,1-2H3;9-12,22-24H,2-8,13-19H2,1H3/t24-,25?;23-,24?/m11/s1. The molecule has 2 unspecified atom stereocenters. The Hall–Kier alpha value is -2.74. The summed E-state index contributed by atoms with van der Waals surface area (Å²) in [4.78, 5) is 38.6. The molecule has 0 radical (unpaired) electrons. The molecule has 0 aromatic heterocycles. The Morgan fingerprint density at radius 1 is 0.466 bits per heavy atom. The van der Waals surface area contributed by atoms with E-state index >= 15 is 0 Å². The van der Waals surface area contributed by atoms with Gasteiger partial charge >= 0.3 is 0 Å². The first-order chi connectivity index (χ1) is 28.3. The number of hydrogen-bond donors (Lipinski definition) is 0. The van der Waals surface area contributed by atoms with Crippen LogP contribution in [0.3, 0.4) is 0 Å². The number of rotatable bonds is 9. The maximum absolute atomic E-state index is 13.2. The highest BCUT2D eigenvalue weighted by Gasteiger charge is 2.36. The van der Waals surface area contributed by atoms with Crippen LogP contribution in [0.4, 0.5) is 0 Å². The van der Waals surface area contributed by atoms with Crippen molar-refractivity contribution in [2.75, 3.05) is 72.0 Å². The van der Waals surface area contributed by atoms with Crippen LogP contribution in [0.15, 0.2) is 48.5 Å². The highest BCUT2D eigenvalue weighted by atomic mass is 16.2. The molecule has 4 heterocycles. The minimum Gasteiger partial charge on any atom is -0.343 e. The lowest BCUT2D eigenvalue weighted by Gasteiger charge is -2.44. The molecular weight excluding hydrogens is 715 g/mol. The SMILES string of the molecule is CCN1CCN(C2CCCC[C@@H]2CC(=O)N2CCC(c3ccc(C)cc3)CC2)CC1.Cc1ccc(C2CCN(C(=O)C[C@H]3CCCCC3N3CCCCC3)CC2)cc1. The zero-order valence-corrected chi connectivity index (χ0v) is 36.9. The van der Waals surface area contributed by atoms with Gasteiger partial charge in [-0.05, 0) is 132 Å². The van der Waals surface area contributed by atoms with Crippen molar-refractivity contribution in [3.63, 3.8) is 0 Å². The van der Waals surface area contributed by atoms with Crippen molar-refractivity contribution in [2.45, 2.75) is 154 Å². The van der Waals surface area contributed by atoms with Gasteiger partial charge in [-0.15, -0.1) is 0 Å². The van der Waals surface area contributed by atoms with Gasteiger partial charge in [0.1, 0.15) is 0 Å². The van der Waals surface area contributed by atoms with Crippen molar-refractivity contribution in [1.82, 2.24) is 24.5 Å². The average molecular weight is 794 g/mol. The topological polar surface area (TPSA) is 50.3 Å². The molecule has 2 aromatic carbocycles. The fraction of sp³-hybridized carbons (Fsp3) is 0.725. The summed E-state index contributed by atoms with van der Waals surface area (Å²) in [5.74, 6) is 3.24. The molecule has 6 fully saturated rings. The number of aryl methyl sites for hydroxylation is 2. The lowest BCUT2D eigenvalue weighted by Crippen LogP contribution is -2.53. The lowest BCUT2D eigenvalue weighted by atomic mass is 9.80. The molecule has 7 nitrogen and oxygen atoms in total. The molecule has 58 heavy (non-hydrogen) atoms. The highest BCUT2D eigenvalue weighted by molar-refractivity contribution is 5.77. The van der Waals surface area contributed by atoms with Gasteiger partial charge < -0.3 is 19.6 Å².